The normalized spacial score (nSPS) is 28.5. The second-order valence-electron chi connectivity index (χ2n) is 7.76. The van der Waals surface area contributed by atoms with Gasteiger partial charge < -0.3 is 5.11 Å². The van der Waals surface area contributed by atoms with Crippen molar-refractivity contribution in [2.45, 2.75) is 23.5 Å². The van der Waals surface area contributed by atoms with Crippen LogP contribution in [0, 0.1) is 20.7 Å². The van der Waals surface area contributed by atoms with Crippen LogP contribution < -0.4 is 5.32 Å². The van der Waals surface area contributed by atoms with E-state index in [-0.39, 0.29) is 13.0 Å². The second kappa shape index (κ2) is 6.40. The number of piperazine rings is 1. The van der Waals surface area contributed by atoms with Crippen molar-refractivity contribution in [3.8, 4) is 6.07 Å². The molecular weight excluding hydrogens is 518 g/mol. The number of nitrogens with one attached hydrogen (secondary N) is 1. The highest BCUT2D eigenvalue weighted by atomic mass is 127. The number of imide groups is 1. The number of nitriles is 1. The molecule has 3 fully saturated rings. The lowest BCUT2D eigenvalue weighted by molar-refractivity contribution is -0.135. The first-order valence-electron chi connectivity index (χ1n) is 9.39. The molecule has 3 aliphatic rings. The third-order valence-electron chi connectivity index (χ3n) is 6.54. The Labute approximate surface area is 189 Å². The predicted octanol–water partition coefficient (Wildman–Crippen LogP) is 2.71. The maximum Gasteiger partial charge on any atom is 0.408 e. The molecule has 5 rings (SSSR count). The van der Waals surface area contributed by atoms with Gasteiger partial charge in [-0.2, -0.15) is 5.26 Å². The Bertz CT molecular complexity index is 1210. The van der Waals surface area contributed by atoms with Gasteiger partial charge in [-0.1, -0.05) is 18.2 Å². The van der Waals surface area contributed by atoms with Crippen LogP contribution >= 0.6 is 22.6 Å². The molecule has 2 aromatic carbocycles. The van der Waals surface area contributed by atoms with Gasteiger partial charge in [-0.05, 0) is 58.0 Å². The van der Waals surface area contributed by atoms with Gasteiger partial charge in [0.2, 0.25) is 0 Å². The molecule has 2 N–H and O–H groups in total. The van der Waals surface area contributed by atoms with E-state index in [1.165, 1.54) is 34.1 Å². The molecule has 0 aromatic heterocycles. The molecule has 2 bridgehead atoms. The topological polar surface area (TPSA) is 114 Å². The summed E-state index contributed by atoms with van der Waals surface area (Å²) in [4.78, 5) is 41.3. The fourth-order valence-corrected chi connectivity index (χ4v) is 6.16. The Hall–Kier alpha value is -3.20. The number of nitrogens with zero attached hydrogens (tertiary/aromatic N) is 3. The first kappa shape index (κ1) is 19.7. The highest BCUT2D eigenvalue weighted by molar-refractivity contribution is 14.1. The van der Waals surface area contributed by atoms with Crippen molar-refractivity contribution < 1.29 is 23.9 Å². The van der Waals surface area contributed by atoms with Crippen LogP contribution in [0.15, 0.2) is 42.5 Å². The first-order valence-corrected chi connectivity index (χ1v) is 10.5. The molecule has 3 atom stereocenters. The van der Waals surface area contributed by atoms with Gasteiger partial charge in [-0.15, -0.1) is 0 Å². The van der Waals surface area contributed by atoms with Crippen molar-refractivity contribution in [1.82, 2.24) is 15.1 Å². The summed E-state index contributed by atoms with van der Waals surface area (Å²) in [5.74, 6) is -1.14. The predicted molar refractivity (Wildman–Crippen MR) is 112 cm³/mol. The smallest absolute Gasteiger partial charge is 0.408 e. The van der Waals surface area contributed by atoms with E-state index in [1.807, 2.05) is 22.6 Å². The number of benzene rings is 2. The summed E-state index contributed by atoms with van der Waals surface area (Å²) in [7, 11) is 0. The minimum Gasteiger partial charge on any atom is -0.465 e. The molecule has 3 saturated heterocycles. The Kier molecular flexibility index (Phi) is 4.08. The third kappa shape index (κ3) is 2.24. The van der Waals surface area contributed by atoms with Crippen LogP contribution in [0.4, 0.5) is 14.0 Å². The van der Waals surface area contributed by atoms with E-state index in [1.54, 1.807) is 18.2 Å². The van der Waals surface area contributed by atoms with E-state index in [2.05, 4.69) is 11.4 Å². The minimum absolute atomic E-state index is 0.0303. The molecular formula is C21H14FIN4O4. The van der Waals surface area contributed by atoms with Gasteiger partial charge in [0.05, 0.1) is 11.6 Å². The highest BCUT2D eigenvalue weighted by Gasteiger charge is 2.79. The zero-order chi connectivity index (χ0) is 22.1. The van der Waals surface area contributed by atoms with Gasteiger partial charge in [0.15, 0.2) is 5.54 Å². The van der Waals surface area contributed by atoms with E-state index in [0.29, 0.717) is 20.3 Å². The number of urea groups is 1. The standard InChI is InChI=1S/C21H14FIN4O4/c22-14-5-3-12(4-6-14)20-8-15(10-26(20)19(30)31)27-18(29)25-17(28)21(20,27)13-2-1-11(9-24)16(23)7-13/h1-7,15H,8,10H2,(H,30,31)(H,25,28,29). The summed E-state index contributed by atoms with van der Waals surface area (Å²) in [5.41, 5.74) is -1.92. The Morgan fingerprint density at radius 3 is 2.52 bits per heavy atom. The fraction of sp³-hybridized carbons (Fsp3) is 0.238. The lowest BCUT2D eigenvalue weighted by Gasteiger charge is -2.51. The summed E-state index contributed by atoms with van der Waals surface area (Å²) in [6.07, 6.45) is -1.04. The molecule has 4 amide bonds. The summed E-state index contributed by atoms with van der Waals surface area (Å²) in [5, 5.41) is 21.7. The van der Waals surface area contributed by atoms with Gasteiger partial charge in [0, 0.05) is 16.5 Å². The zero-order valence-corrected chi connectivity index (χ0v) is 18.0. The third-order valence-corrected chi connectivity index (χ3v) is 7.43. The van der Waals surface area contributed by atoms with E-state index in [4.69, 9.17) is 0 Å². The van der Waals surface area contributed by atoms with Crippen molar-refractivity contribution in [3.05, 3.63) is 68.5 Å². The van der Waals surface area contributed by atoms with Crippen LogP contribution in [0.25, 0.3) is 0 Å². The Balaban J connectivity index is 1.87. The molecule has 31 heavy (non-hydrogen) atoms. The molecule has 0 radical (unpaired) electrons. The van der Waals surface area contributed by atoms with Gasteiger partial charge in [0.1, 0.15) is 17.4 Å². The molecule has 3 heterocycles. The van der Waals surface area contributed by atoms with Crippen molar-refractivity contribution in [2.75, 3.05) is 6.54 Å². The zero-order valence-electron chi connectivity index (χ0n) is 15.8. The monoisotopic (exact) mass is 532 g/mol. The van der Waals surface area contributed by atoms with E-state index < -0.39 is 41.0 Å². The molecule has 0 spiro atoms. The van der Waals surface area contributed by atoms with Crippen molar-refractivity contribution in [1.29, 1.82) is 5.26 Å². The van der Waals surface area contributed by atoms with Gasteiger partial charge >= 0.3 is 12.1 Å². The minimum atomic E-state index is -1.68. The quantitative estimate of drug-likeness (QED) is 0.457. The first-order chi connectivity index (χ1) is 14.8. The number of hydrogen-bond donors (Lipinski definition) is 2. The molecule has 10 heteroatoms. The molecule has 0 saturated carbocycles. The number of rotatable bonds is 2. The number of carboxylic acid groups (broad SMARTS) is 1. The molecule has 3 aliphatic heterocycles. The van der Waals surface area contributed by atoms with Crippen LogP contribution in [0.1, 0.15) is 23.1 Å². The summed E-state index contributed by atoms with van der Waals surface area (Å²) >= 11 is 1.97. The van der Waals surface area contributed by atoms with Crippen LogP contribution in [-0.4, -0.2) is 45.5 Å². The number of amides is 4. The summed E-state index contributed by atoms with van der Waals surface area (Å²) < 4.78 is 14.3. The van der Waals surface area contributed by atoms with Crippen LogP contribution in [0.2, 0.25) is 0 Å². The average molecular weight is 532 g/mol. The van der Waals surface area contributed by atoms with Gasteiger partial charge in [-0.25, -0.2) is 14.0 Å². The SMILES string of the molecule is N#Cc1ccc(C23C(=O)NC(=O)N2C2CN(C(=O)O)C3(c3ccc(F)cc3)C2)cc1I. The molecule has 156 valence electrons. The second-order valence-corrected chi connectivity index (χ2v) is 8.93. The molecule has 0 aliphatic carbocycles. The van der Waals surface area contributed by atoms with Crippen LogP contribution in [0.5, 0.6) is 0 Å². The van der Waals surface area contributed by atoms with Gasteiger partial charge in [0.25, 0.3) is 5.91 Å². The van der Waals surface area contributed by atoms with Crippen molar-refractivity contribution in [2.24, 2.45) is 0 Å². The number of likely N-dealkylation sites (tertiary alicyclic amines) is 1. The highest BCUT2D eigenvalue weighted by Crippen LogP contribution is 2.63. The number of hydrogen-bond acceptors (Lipinski definition) is 4. The fourth-order valence-electron chi connectivity index (χ4n) is 5.52. The largest absolute Gasteiger partial charge is 0.465 e. The molecule has 3 unspecified atom stereocenters. The molecule has 2 aromatic rings. The Morgan fingerprint density at radius 1 is 1.23 bits per heavy atom. The number of fused-ring (bicyclic) bond motifs is 5. The van der Waals surface area contributed by atoms with Gasteiger partial charge in [-0.3, -0.25) is 19.9 Å². The Morgan fingerprint density at radius 2 is 1.90 bits per heavy atom. The summed E-state index contributed by atoms with van der Waals surface area (Å²) in [6.45, 7) is 0.0303. The summed E-state index contributed by atoms with van der Waals surface area (Å²) in [6, 6.07) is 11.0. The van der Waals surface area contributed by atoms with Crippen molar-refractivity contribution in [3.63, 3.8) is 0 Å². The van der Waals surface area contributed by atoms with E-state index >= 15 is 0 Å². The number of carbonyl (C=O) groups is 3. The van der Waals surface area contributed by atoms with Crippen LogP contribution in [0.3, 0.4) is 0 Å². The molecule has 8 nitrogen and oxygen atoms in total. The van der Waals surface area contributed by atoms with Crippen LogP contribution in [-0.2, 0) is 15.9 Å². The van der Waals surface area contributed by atoms with E-state index in [9.17, 15) is 29.1 Å². The lowest BCUT2D eigenvalue weighted by Crippen LogP contribution is -2.67. The van der Waals surface area contributed by atoms with E-state index in [0.717, 1.165) is 0 Å². The lowest BCUT2D eigenvalue weighted by atomic mass is 9.68. The number of halogens is 2. The van der Waals surface area contributed by atoms with Crippen molar-refractivity contribution >= 4 is 40.6 Å². The maximum atomic E-state index is 13.7. The maximum absolute atomic E-state index is 13.7. The number of carbonyl (C=O) groups excluding carboxylic acids is 2. The average Bonchev–Trinajstić information content (AvgIpc) is 3.35.